The fraction of sp³-hybridized carbons (Fsp3) is 0.429. The first kappa shape index (κ1) is 19.3. The largest absolute Gasteiger partial charge is 0.490 e. The van der Waals surface area contributed by atoms with Crippen molar-refractivity contribution in [2.75, 3.05) is 19.7 Å². The molecule has 0 saturated carbocycles. The fourth-order valence-corrected chi connectivity index (χ4v) is 3.24. The molecule has 1 atom stereocenters. The molecule has 0 radical (unpaired) electrons. The van der Waals surface area contributed by atoms with E-state index in [1.807, 2.05) is 55.7 Å². The van der Waals surface area contributed by atoms with Gasteiger partial charge in [-0.3, -0.25) is 14.7 Å². The summed E-state index contributed by atoms with van der Waals surface area (Å²) in [5, 5.41) is 13.0. The number of nitrogens with one attached hydrogen (secondary N) is 1. The van der Waals surface area contributed by atoms with Gasteiger partial charge in [-0.05, 0) is 49.1 Å². The smallest absolute Gasteiger partial charge is 0.252 e. The van der Waals surface area contributed by atoms with Crippen LogP contribution in [0.3, 0.4) is 0 Å². The number of rotatable bonds is 7. The zero-order chi connectivity index (χ0) is 19.1. The summed E-state index contributed by atoms with van der Waals surface area (Å²) in [6, 6.07) is 11.7. The summed E-state index contributed by atoms with van der Waals surface area (Å²) in [7, 11) is 0. The van der Waals surface area contributed by atoms with Gasteiger partial charge < -0.3 is 15.2 Å². The fourth-order valence-electron chi connectivity index (χ4n) is 3.24. The highest BCUT2D eigenvalue weighted by atomic mass is 16.5. The van der Waals surface area contributed by atoms with Crippen molar-refractivity contribution in [1.82, 2.24) is 15.2 Å². The van der Waals surface area contributed by atoms with Crippen LogP contribution in [0.25, 0.3) is 0 Å². The minimum atomic E-state index is -1.17. The lowest BCUT2D eigenvalue weighted by atomic mass is 10.0. The standard InChI is InChI=1S/C21H27N3O3/c1-16-4-2-3-5-20(16)27-15-19(25)21(26)23-18-8-12-24(13-9-18)14-17-6-10-22-11-7-17/h2-7,10-11,18-19,25H,8-9,12-15H2,1H3,(H,23,26)/t19-/m1/s1. The zero-order valence-electron chi connectivity index (χ0n) is 15.7. The van der Waals surface area contributed by atoms with Crippen molar-refractivity contribution < 1.29 is 14.6 Å². The molecule has 144 valence electrons. The molecule has 0 unspecified atom stereocenters. The Kier molecular flexibility index (Phi) is 6.79. The predicted molar refractivity (Wildman–Crippen MR) is 103 cm³/mol. The summed E-state index contributed by atoms with van der Waals surface area (Å²) >= 11 is 0. The number of para-hydroxylation sites is 1. The van der Waals surface area contributed by atoms with Crippen molar-refractivity contribution in [3.05, 3.63) is 59.9 Å². The number of benzene rings is 1. The molecule has 2 aromatic rings. The SMILES string of the molecule is Cc1ccccc1OC[C@@H](O)C(=O)NC1CCN(Cc2ccncc2)CC1. The van der Waals surface area contributed by atoms with Crippen LogP contribution in [0.1, 0.15) is 24.0 Å². The van der Waals surface area contributed by atoms with Crippen LogP contribution in [0.15, 0.2) is 48.8 Å². The van der Waals surface area contributed by atoms with E-state index in [1.54, 1.807) is 0 Å². The maximum absolute atomic E-state index is 12.2. The molecule has 2 heterocycles. The van der Waals surface area contributed by atoms with Gasteiger partial charge in [0, 0.05) is 38.1 Å². The van der Waals surface area contributed by atoms with Crippen molar-refractivity contribution in [1.29, 1.82) is 0 Å². The molecule has 1 aromatic heterocycles. The van der Waals surface area contributed by atoms with Gasteiger partial charge in [-0.1, -0.05) is 18.2 Å². The Balaban J connectivity index is 1.39. The van der Waals surface area contributed by atoms with E-state index in [1.165, 1.54) is 5.56 Å². The first-order valence-electron chi connectivity index (χ1n) is 9.40. The molecule has 0 aliphatic carbocycles. The molecule has 1 aromatic carbocycles. The quantitative estimate of drug-likeness (QED) is 0.780. The predicted octanol–water partition coefficient (Wildman–Crippen LogP) is 1.91. The van der Waals surface area contributed by atoms with E-state index < -0.39 is 6.10 Å². The maximum Gasteiger partial charge on any atom is 0.252 e. The minimum Gasteiger partial charge on any atom is -0.490 e. The maximum atomic E-state index is 12.2. The van der Waals surface area contributed by atoms with Gasteiger partial charge in [-0.2, -0.15) is 0 Å². The molecule has 6 nitrogen and oxygen atoms in total. The molecule has 1 fully saturated rings. The molecular formula is C21H27N3O3. The molecule has 6 heteroatoms. The number of carbonyl (C=O) groups is 1. The van der Waals surface area contributed by atoms with Crippen molar-refractivity contribution in [2.24, 2.45) is 0 Å². The monoisotopic (exact) mass is 369 g/mol. The third-order valence-electron chi connectivity index (χ3n) is 4.88. The van der Waals surface area contributed by atoms with Gasteiger partial charge in [0.25, 0.3) is 5.91 Å². The van der Waals surface area contributed by atoms with Crippen LogP contribution in [-0.2, 0) is 11.3 Å². The van der Waals surface area contributed by atoms with Gasteiger partial charge in [0.2, 0.25) is 0 Å². The van der Waals surface area contributed by atoms with Crippen LogP contribution < -0.4 is 10.1 Å². The first-order chi connectivity index (χ1) is 13.1. The van der Waals surface area contributed by atoms with Gasteiger partial charge in [0.15, 0.2) is 6.10 Å². The van der Waals surface area contributed by atoms with Crippen molar-refractivity contribution in [2.45, 2.75) is 38.5 Å². The van der Waals surface area contributed by atoms with Crippen LogP contribution in [0, 0.1) is 6.92 Å². The molecular weight excluding hydrogens is 342 g/mol. The Bertz CT molecular complexity index is 730. The lowest BCUT2D eigenvalue weighted by molar-refractivity contribution is -0.131. The number of aromatic nitrogens is 1. The van der Waals surface area contributed by atoms with E-state index in [-0.39, 0.29) is 18.6 Å². The highest BCUT2D eigenvalue weighted by Gasteiger charge is 2.24. The Morgan fingerprint density at radius 3 is 2.67 bits per heavy atom. The molecule has 27 heavy (non-hydrogen) atoms. The highest BCUT2D eigenvalue weighted by Crippen LogP contribution is 2.17. The second-order valence-corrected chi connectivity index (χ2v) is 7.01. The minimum absolute atomic E-state index is 0.0441. The van der Waals surface area contributed by atoms with Crippen LogP contribution >= 0.6 is 0 Å². The number of ether oxygens (including phenoxy) is 1. The third kappa shape index (κ3) is 5.77. The van der Waals surface area contributed by atoms with E-state index >= 15 is 0 Å². The number of carbonyl (C=O) groups excluding carboxylic acids is 1. The lowest BCUT2D eigenvalue weighted by Crippen LogP contribution is -2.48. The Labute approximate surface area is 160 Å². The lowest BCUT2D eigenvalue weighted by Gasteiger charge is -2.32. The van der Waals surface area contributed by atoms with E-state index in [4.69, 9.17) is 4.74 Å². The molecule has 2 N–H and O–H groups in total. The van der Waals surface area contributed by atoms with Gasteiger partial charge in [-0.25, -0.2) is 0 Å². The number of pyridine rings is 1. The van der Waals surface area contributed by atoms with Crippen LogP contribution in [0.5, 0.6) is 5.75 Å². The van der Waals surface area contributed by atoms with Crippen molar-refractivity contribution in [3.8, 4) is 5.75 Å². The van der Waals surface area contributed by atoms with Crippen LogP contribution in [0.4, 0.5) is 0 Å². The number of aliphatic hydroxyl groups excluding tert-OH is 1. The summed E-state index contributed by atoms with van der Waals surface area (Å²) in [4.78, 5) is 18.6. The Hall–Kier alpha value is -2.44. The summed E-state index contributed by atoms with van der Waals surface area (Å²) in [5.74, 6) is 0.324. The second-order valence-electron chi connectivity index (χ2n) is 7.01. The number of aliphatic hydroxyl groups is 1. The molecule has 0 spiro atoms. The molecule has 1 aliphatic heterocycles. The number of likely N-dealkylation sites (tertiary alicyclic amines) is 1. The van der Waals surface area contributed by atoms with E-state index in [0.717, 1.165) is 38.0 Å². The molecule has 1 amide bonds. The second kappa shape index (κ2) is 9.48. The normalized spacial score (nSPS) is 16.7. The van der Waals surface area contributed by atoms with Gasteiger partial charge in [0.05, 0.1) is 0 Å². The van der Waals surface area contributed by atoms with Gasteiger partial charge in [0.1, 0.15) is 12.4 Å². The summed E-state index contributed by atoms with van der Waals surface area (Å²) < 4.78 is 5.57. The van der Waals surface area contributed by atoms with Crippen LogP contribution in [-0.4, -0.2) is 52.7 Å². The number of hydrogen-bond donors (Lipinski definition) is 2. The van der Waals surface area contributed by atoms with E-state index in [2.05, 4.69) is 15.2 Å². The Morgan fingerprint density at radius 1 is 1.26 bits per heavy atom. The summed E-state index contributed by atoms with van der Waals surface area (Å²) in [6.45, 7) is 4.63. The number of aryl methyl sites for hydroxylation is 1. The summed E-state index contributed by atoms with van der Waals surface area (Å²) in [5.41, 5.74) is 2.22. The Morgan fingerprint density at radius 2 is 1.96 bits per heavy atom. The molecule has 1 aliphatic rings. The molecule has 0 bridgehead atoms. The third-order valence-corrected chi connectivity index (χ3v) is 4.88. The number of piperidine rings is 1. The van der Waals surface area contributed by atoms with Crippen molar-refractivity contribution in [3.63, 3.8) is 0 Å². The van der Waals surface area contributed by atoms with Gasteiger partial charge in [-0.15, -0.1) is 0 Å². The van der Waals surface area contributed by atoms with Crippen molar-refractivity contribution >= 4 is 5.91 Å². The molecule has 3 rings (SSSR count). The number of hydrogen-bond acceptors (Lipinski definition) is 5. The number of amides is 1. The first-order valence-corrected chi connectivity index (χ1v) is 9.40. The van der Waals surface area contributed by atoms with Gasteiger partial charge >= 0.3 is 0 Å². The van der Waals surface area contributed by atoms with Crippen LogP contribution in [0.2, 0.25) is 0 Å². The highest BCUT2D eigenvalue weighted by molar-refractivity contribution is 5.80. The molecule has 1 saturated heterocycles. The average Bonchev–Trinajstić information content (AvgIpc) is 2.69. The number of nitrogens with zero attached hydrogens (tertiary/aromatic N) is 2. The summed E-state index contributed by atoms with van der Waals surface area (Å²) in [6.07, 6.45) is 4.20. The topological polar surface area (TPSA) is 74.7 Å². The zero-order valence-corrected chi connectivity index (χ0v) is 15.7. The van der Waals surface area contributed by atoms with E-state index in [9.17, 15) is 9.90 Å². The van der Waals surface area contributed by atoms with E-state index in [0.29, 0.717) is 5.75 Å². The average molecular weight is 369 g/mol.